The number of thiophene rings is 1. The van der Waals surface area contributed by atoms with Gasteiger partial charge in [0.15, 0.2) is 0 Å². The summed E-state index contributed by atoms with van der Waals surface area (Å²) in [6.45, 7) is 0. The second-order valence-electron chi connectivity index (χ2n) is 5.19. The van der Waals surface area contributed by atoms with Gasteiger partial charge in [0.25, 0.3) is 15.9 Å². The summed E-state index contributed by atoms with van der Waals surface area (Å²) in [5.41, 5.74) is 3.61. The second-order valence-corrected chi connectivity index (χ2v) is 8.05. The molecule has 0 aliphatic carbocycles. The molecule has 0 aliphatic rings. The van der Waals surface area contributed by atoms with E-state index in [1.54, 1.807) is 23.6 Å². The van der Waals surface area contributed by atoms with Crippen molar-refractivity contribution in [3.8, 4) is 0 Å². The normalized spacial score (nSPS) is 11.4. The van der Waals surface area contributed by atoms with Crippen LogP contribution in [0.5, 0.6) is 0 Å². The molecule has 0 radical (unpaired) electrons. The molecule has 0 saturated carbocycles. The number of carbonyl (C=O) groups excluding carboxylic acids is 1. The smallest absolute Gasteiger partial charge is 0.273 e. The van der Waals surface area contributed by atoms with E-state index in [1.807, 2.05) is 30.3 Å². The van der Waals surface area contributed by atoms with Crippen molar-refractivity contribution in [3.63, 3.8) is 0 Å². The van der Waals surface area contributed by atoms with E-state index in [9.17, 15) is 13.2 Å². The van der Waals surface area contributed by atoms with Crippen LogP contribution in [0.1, 0.15) is 15.9 Å². The minimum Gasteiger partial charge on any atom is -0.278 e. The first kappa shape index (κ1) is 17.8. The standard InChI is InChI=1S/C18H15N3O3S2/c22-18(20-19-13-14-7-2-1-3-8-14)15-9-4-5-10-16(15)21-26(23,24)17-11-6-12-25-17/h1-13,21H,(H,20,22). The number of hydrazone groups is 1. The molecule has 6 nitrogen and oxygen atoms in total. The molecule has 0 saturated heterocycles. The zero-order chi connectivity index (χ0) is 18.4. The molecule has 0 bridgehead atoms. The van der Waals surface area contributed by atoms with Gasteiger partial charge in [0.1, 0.15) is 4.21 Å². The maximum atomic E-state index is 12.4. The van der Waals surface area contributed by atoms with Gasteiger partial charge in [0.2, 0.25) is 0 Å². The van der Waals surface area contributed by atoms with Crippen molar-refractivity contribution in [2.45, 2.75) is 4.21 Å². The molecule has 3 aromatic rings. The highest BCUT2D eigenvalue weighted by molar-refractivity contribution is 7.94. The number of para-hydroxylation sites is 1. The fourth-order valence-corrected chi connectivity index (χ4v) is 4.22. The molecule has 8 heteroatoms. The van der Waals surface area contributed by atoms with Gasteiger partial charge in [-0.3, -0.25) is 9.52 Å². The van der Waals surface area contributed by atoms with Crippen LogP contribution < -0.4 is 10.1 Å². The van der Waals surface area contributed by atoms with Crippen molar-refractivity contribution >= 4 is 39.2 Å². The van der Waals surface area contributed by atoms with Crippen LogP contribution in [0, 0.1) is 0 Å². The number of sulfonamides is 1. The number of carbonyl (C=O) groups is 1. The molecule has 1 amide bonds. The zero-order valence-electron chi connectivity index (χ0n) is 13.5. The van der Waals surface area contributed by atoms with Crippen molar-refractivity contribution in [3.05, 3.63) is 83.2 Å². The van der Waals surface area contributed by atoms with Crippen molar-refractivity contribution in [2.75, 3.05) is 4.72 Å². The number of hydrogen-bond donors (Lipinski definition) is 2. The zero-order valence-corrected chi connectivity index (χ0v) is 15.1. The van der Waals surface area contributed by atoms with E-state index in [0.717, 1.165) is 16.9 Å². The van der Waals surface area contributed by atoms with Crippen LogP contribution in [0.25, 0.3) is 0 Å². The minimum atomic E-state index is -3.74. The molecule has 132 valence electrons. The Hall–Kier alpha value is -2.97. The molecular weight excluding hydrogens is 370 g/mol. The molecule has 0 unspecified atom stereocenters. The van der Waals surface area contributed by atoms with E-state index in [2.05, 4.69) is 15.2 Å². The number of rotatable bonds is 6. The Morgan fingerprint density at radius 1 is 0.962 bits per heavy atom. The fourth-order valence-electron chi connectivity index (χ4n) is 2.15. The third-order valence-corrected chi connectivity index (χ3v) is 6.12. The van der Waals surface area contributed by atoms with E-state index >= 15 is 0 Å². The Labute approximate surface area is 155 Å². The summed E-state index contributed by atoms with van der Waals surface area (Å²) < 4.78 is 27.4. The molecule has 0 spiro atoms. The molecule has 0 atom stereocenters. The monoisotopic (exact) mass is 385 g/mol. The SMILES string of the molecule is O=C(NN=Cc1ccccc1)c1ccccc1NS(=O)(=O)c1cccs1. The average Bonchev–Trinajstić information content (AvgIpc) is 3.18. The van der Waals surface area contributed by atoms with Gasteiger partial charge in [0, 0.05) is 0 Å². The van der Waals surface area contributed by atoms with Crippen LogP contribution in [-0.2, 0) is 10.0 Å². The van der Waals surface area contributed by atoms with Crippen LogP contribution in [0.15, 0.2) is 81.4 Å². The highest BCUT2D eigenvalue weighted by atomic mass is 32.2. The number of nitrogens with zero attached hydrogens (tertiary/aromatic N) is 1. The highest BCUT2D eigenvalue weighted by Gasteiger charge is 2.19. The lowest BCUT2D eigenvalue weighted by Crippen LogP contribution is -2.21. The summed E-state index contributed by atoms with van der Waals surface area (Å²) in [6, 6.07) is 18.8. The molecular formula is C18H15N3O3S2. The van der Waals surface area contributed by atoms with Gasteiger partial charge in [-0.15, -0.1) is 11.3 Å². The van der Waals surface area contributed by atoms with E-state index in [-0.39, 0.29) is 15.5 Å². The molecule has 1 aromatic heterocycles. The van der Waals surface area contributed by atoms with Crippen molar-refractivity contribution < 1.29 is 13.2 Å². The second kappa shape index (κ2) is 7.94. The highest BCUT2D eigenvalue weighted by Crippen LogP contribution is 2.22. The fraction of sp³-hybridized carbons (Fsp3) is 0. The number of benzene rings is 2. The Morgan fingerprint density at radius 3 is 2.42 bits per heavy atom. The summed E-state index contributed by atoms with van der Waals surface area (Å²) in [5, 5.41) is 5.58. The number of anilines is 1. The van der Waals surface area contributed by atoms with Gasteiger partial charge < -0.3 is 0 Å². The topological polar surface area (TPSA) is 87.6 Å². The third-order valence-electron chi connectivity index (χ3n) is 3.36. The lowest BCUT2D eigenvalue weighted by molar-refractivity contribution is 0.0956. The Bertz CT molecular complexity index is 1010. The van der Waals surface area contributed by atoms with E-state index in [1.165, 1.54) is 24.4 Å². The van der Waals surface area contributed by atoms with E-state index < -0.39 is 15.9 Å². The molecule has 26 heavy (non-hydrogen) atoms. The van der Waals surface area contributed by atoms with Crippen LogP contribution >= 0.6 is 11.3 Å². The first-order valence-electron chi connectivity index (χ1n) is 7.60. The van der Waals surface area contributed by atoms with Crippen molar-refractivity contribution in [2.24, 2.45) is 5.10 Å². The third kappa shape index (κ3) is 4.35. The van der Waals surface area contributed by atoms with Crippen molar-refractivity contribution in [1.82, 2.24) is 5.43 Å². The van der Waals surface area contributed by atoms with Gasteiger partial charge in [0.05, 0.1) is 17.5 Å². The van der Waals surface area contributed by atoms with Crippen LogP contribution in [0.2, 0.25) is 0 Å². The maximum absolute atomic E-state index is 12.4. The van der Waals surface area contributed by atoms with Crippen LogP contribution in [0.3, 0.4) is 0 Å². The molecule has 2 aromatic carbocycles. The summed E-state index contributed by atoms with van der Waals surface area (Å²) in [4.78, 5) is 12.4. The van der Waals surface area contributed by atoms with E-state index in [4.69, 9.17) is 0 Å². The molecule has 1 heterocycles. The lowest BCUT2D eigenvalue weighted by atomic mass is 10.2. The first-order chi connectivity index (χ1) is 12.6. The molecule has 0 aliphatic heterocycles. The average molecular weight is 385 g/mol. The molecule has 3 rings (SSSR count). The van der Waals surface area contributed by atoms with Crippen LogP contribution in [-0.4, -0.2) is 20.5 Å². The van der Waals surface area contributed by atoms with Crippen LogP contribution in [0.4, 0.5) is 5.69 Å². The van der Waals surface area contributed by atoms with Gasteiger partial charge in [-0.1, -0.05) is 48.5 Å². The van der Waals surface area contributed by atoms with Gasteiger partial charge >= 0.3 is 0 Å². The van der Waals surface area contributed by atoms with Gasteiger partial charge in [-0.2, -0.15) is 5.10 Å². The largest absolute Gasteiger partial charge is 0.278 e. The van der Waals surface area contributed by atoms with E-state index in [0.29, 0.717) is 0 Å². The van der Waals surface area contributed by atoms with Crippen molar-refractivity contribution in [1.29, 1.82) is 0 Å². The molecule has 0 fully saturated rings. The predicted octanol–water partition coefficient (Wildman–Crippen LogP) is 3.31. The first-order valence-corrected chi connectivity index (χ1v) is 9.96. The Morgan fingerprint density at radius 2 is 1.69 bits per heavy atom. The summed E-state index contributed by atoms with van der Waals surface area (Å²) in [5.74, 6) is -0.512. The summed E-state index contributed by atoms with van der Waals surface area (Å²) in [7, 11) is -3.74. The quantitative estimate of drug-likeness (QED) is 0.504. The van der Waals surface area contributed by atoms with Gasteiger partial charge in [-0.05, 0) is 29.1 Å². The summed E-state index contributed by atoms with van der Waals surface area (Å²) >= 11 is 1.10. The number of nitrogens with one attached hydrogen (secondary N) is 2. The Kier molecular flexibility index (Phi) is 5.45. The maximum Gasteiger partial charge on any atom is 0.273 e. The predicted molar refractivity (Wildman–Crippen MR) is 103 cm³/mol. The van der Waals surface area contributed by atoms with Gasteiger partial charge in [-0.25, -0.2) is 13.8 Å². The Balaban J connectivity index is 1.76. The minimum absolute atomic E-state index is 0.176. The molecule has 2 N–H and O–H groups in total. The number of amides is 1. The lowest BCUT2D eigenvalue weighted by Gasteiger charge is -2.10. The summed E-state index contributed by atoms with van der Waals surface area (Å²) in [6.07, 6.45) is 1.51. The number of hydrogen-bond acceptors (Lipinski definition) is 5.